The molecule has 0 amide bonds. The second kappa shape index (κ2) is 10.4. The van der Waals surface area contributed by atoms with E-state index < -0.39 is 0 Å². The molecule has 1 aromatic rings. The number of nitrogens with zero attached hydrogens (tertiary/aromatic N) is 2. The molecule has 140 valence electrons. The molecule has 2 rings (SSSR count). The molecule has 25 heavy (non-hydrogen) atoms. The first-order valence-electron chi connectivity index (χ1n) is 9.73. The van der Waals surface area contributed by atoms with Crippen LogP contribution in [0.2, 0.25) is 0 Å². The van der Waals surface area contributed by atoms with Gasteiger partial charge in [0, 0.05) is 39.9 Å². The van der Waals surface area contributed by atoms with E-state index in [-0.39, 0.29) is 0 Å². The summed E-state index contributed by atoms with van der Waals surface area (Å²) in [4.78, 5) is 7.12. The molecule has 0 aromatic heterocycles. The number of nitrogens with one attached hydrogen (secondary N) is 1. The van der Waals surface area contributed by atoms with Crippen molar-refractivity contribution in [2.75, 3.05) is 39.9 Å². The molecule has 1 fully saturated rings. The smallest absolute Gasteiger partial charge is 0.193 e. The van der Waals surface area contributed by atoms with Crippen molar-refractivity contribution in [3.63, 3.8) is 0 Å². The van der Waals surface area contributed by atoms with Gasteiger partial charge in [0.2, 0.25) is 0 Å². The molecule has 0 radical (unpaired) electrons. The molecular weight excluding hydrogens is 310 g/mol. The molecule has 0 atom stereocenters. The third-order valence-electron chi connectivity index (χ3n) is 4.85. The Bertz CT molecular complexity index is 530. The summed E-state index contributed by atoms with van der Waals surface area (Å²) in [5, 5.41) is 3.43. The lowest BCUT2D eigenvalue weighted by atomic mass is 9.96. The van der Waals surface area contributed by atoms with Gasteiger partial charge in [-0.15, -0.1) is 0 Å². The molecule has 0 aliphatic carbocycles. The molecule has 1 saturated heterocycles. The number of rotatable bonds is 7. The van der Waals surface area contributed by atoms with Crippen LogP contribution in [0.25, 0.3) is 0 Å². The second-order valence-electron chi connectivity index (χ2n) is 7.25. The van der Waals surface area contributed by atoms with Crippen LogP contribution >= 0.6 is 0 Å². The normalized spacial score (nSPS) is 16.1. The highest BCUT2D eigenvalue weighted by Gasteiger charge is 2.15. The van der Waals surface area contributed by atoms with E-state index in [1.165, 1.54) is 36.0 Å². The Morgan fingerprint density at radius 2 is 1.88 bits per heavy atom. The summed E-state index contributed by atoms with van der Waals surface area (Å²) in [6.45, 7) is 11.1. The van der Waals surface area contributed by atoms with E-state index in [0.29, 0.717) is 0 Å². The van der Waals surface area contributed by atoms with Gasteiger partial charge in [-0.1, -0.05) is 29.3 Å². The van der Waals surface area contributed by atoms with Gasteiger partial charge in [0.25, 0.3) is 0 Å². The molecule has 1 aromatic carbocycles. The SMILES string of the molecule is CCNC(=NCCc1cc(C)cc(C)c1)N(C)CCC1CCOCC1. The highest BCUT2D eigenvalue weighted by molar-refractivity contribution is 5.79. The summed E-state index contributed by atoms with van der Waals surface area (Å²) in [5.74, 6) is 1.83. The number of ether oxygens (including phenoxy) is 1. The Labute approximate surface area is 153 Å². The van der Waals surface area contributed by atoms with Crippen molar-refractivity contribution in [2.45, 2.75) is 46.5 Å². The molecule has 4 heteroatoms. The predicted octanol–water partition coefficient (Wildman–Crippen LogP) is 3.56. The maximum Gasteiger partial charge on any atom is 0.193 e. The van der Waals surface area contributed by atoms with Crippen LogP contribution in [0.5, 0.6) is 0 Å². The molecular formula is C21H35N3O. The van der Waals surface area contributed by atoms with E-state index in [2.05, 4.69) is 56.2 Å². The van der Waals surface area contributed by atoms with Crippen LogP contribution in [0.4, 0.5) is 0 Å². The zero-order valence-corrected chi connectivity index (χ0v) is 16.5. The van der Waals surface area contributed by atoms with Gasteiger partial charge in [-0.05, 0) is 57.9 Å². The topological polar surface area (TPSA) is 36.9 Å². The highest BCUT2D eigenvalue weighted by atomic mass is 16.5. The second-order valence-corrected chi connectivity index (χ2v) is 7.25. The first kappa shape index (κ1) is 19.8. The van der Waals surface area contributed by atoms with Crippen LogP contribution in [0.15, 0.2) is 23.2 Å². The quantitative estimate of drug-likeness (QED) is 0.606. The number of guanidine groups is 1. The molecule has 1 heterocycles. The number of hydrogen-bond acceptors (Lipinski definition) is 2. The maximum absolute atomic E-state index is 5.45. The minimum atomic E-state index is 0.800. The van der Waals surface area contributed by atoms with Crippen LogP contribution in [-0.2, 0) is 11.2 Å². The lowest BCUT2D eigenvalue weighted by Gasteiger charge is -2.26. The van der Waals surface area contributed by atoms with E-state index in [0.717, 1.165) is 51.1 Å². The standard InChI is InChI=1S/C21H35N3O/c1-5-22-21(24(4)11-7-19-8-12-25-13-9-19)23-10-6-20-15-17(2)14-18(3)16-20/h14-16,19H,5-13H2,1-4H3,(H,22,23). The van der Waals surface area contributed by atoms with Crippen molar-refractivity contribution in [2.24, 2.45) is 10.9 Å². The van der Waals surface area contributed by atoms with Gasteiger partial charge < -0.3 is 15.0 Å². The Morgan fingerprint density at radius 3 is 2.52 bits per heavy atom. The minimum absolute atomic E-state index is 0.800. The van der Waals surface area contributed by atoms with Gasteiger partial charge in [0.05, 0.1) is 0 Å². The average Bonchev–Trinajstić information content (AvgIpc) is 2.59. The predicted molar refractivity (Wildman–Crippen MR) is 106 cm³/mol. The summed E-state index contributed by atoms with van der Waals surface area (Å²) < 4.78 is 5.45. The maximum atomic E-state index is 5.45. The largest absolute Gasteiger partial charge is 0.381 e. The first-order chi connectivity index (χ1) is 12.1. The zero-order chi connectivity index (χ0) is 18.1. The van der Waals surface area contributed by atoms with E-state index in [1.54, 1.807) is 0 Å². The molecule has 1 N–H and O–H groups in total. The average molecular weight is 346 g/mol. The van der Waals surface area contributed by atoms with Crippen LogP contribution in [0.1, 0.15) is 42.9 Å². The van der Waals surface area contributed by atoms with Crippen LogP contribution < -0.4 is 5.32 Å². The van der Waals surface area contributed by atoms with Gasteiger partial charge in [-0.3, -0.25) is 4.99 Å². The van der Waals surface area contributed by atoms with Crippen molar-refractivity contribution in [3.8, 4) is 0 Å². The van der Waals surface area contributed by atoms with Gasteiger partial charge >= 0.3 is 0 Å². The van der Waals surface area contributed by atoms with Crippen molar-refractivity contribution in [1.82, 2.24) is 10.2 Å². The zero-order valence-electron chi connectivity index (χ0n) is 16.5. The summed E-state index contributed by atoms with van der Waals surface area (Å²) in [7, 11) is 2.15. The number of aryl methyl sites for hydroxylation is 2. The summed E-state index contributed by atoms with van der Waals surface area (Å²) >= 11 is 0. The fraction of sp³-hybridized carbons (Fsp3) is 0.667. The third-order valence-corrected chi connectivity index (χ3v) is 4.85. The van der Waals surface area contributed by atoms with E-state index in [1.807, 2.05) is 0 Å². The van der Waals surface area contributed by atoms with Gasteiger partial charge in [0.1, 0.15) is 0 Å². The van der Waals surface area contributed by atoms with Crippen molar-refractivity contribution < 1.29 is 4.74 Å². The summed E-state index contributed by atoms with van der Waals surface area (Å²) in [6.07, 6.45) is 4.62. The van der Waals surface area contributed by atoms with Crippen molar-refractivity contribution in [3.05, 3.63) is 34.9 Å². The number of benzene rings is 1. The monoisotopic (exact) mass is 345 g/mol. The molecule has 1 aliphatic rings. The van der Waals surface area contributed by atoms with Crippen LogP contribution in [-0.4, -0.2) is 50.8 Å². The van der Waals surface area contributed by atoms with Crippen molar-refractivity contribution in [1.29, 1.82) is 0 Å². The number of hydrogen-bond donors (Lipinski definition) is 1. The molecule has 0 saturated carbocycles. The van der Waals surface area contributed by atoms with E-state index in [4.69, 9.17) is 9.73 Å². The first-order valence-corrected chi connectivity index (χ1v) is 9.73. The molecule has 0 spiro atoms. The Hall–Kier alpha value is -1.55. The summed E-state index contributed by atoms with van der Waals surface area (Å²) in [6, 6.07) is 6.76. The number of aliphatic imine (C=N–C) groups is 1. The van der Waals surface area contributed by atoms with E-state index >= 15 is 0 Å². The van der Waals surface area contributed by atoms with Gasteiger partial charge in [0.15, 0.2) is 5.96 Å². The molecule has 0 bridgehead atoms. The molecule has 0 unspecified atom stereocenters. The Kier molecular flexibility index (Phi) is 8.26. The van der Waals surface area contributed by atoms with E-state index in [9.17, 15) is 0 Å². The van der Waals surface area contributed by atoms with Crippen LogP contribution in [0, 0.1) is 19.8 Å². The Morgan fingerprint density at radius 1 is 1.20 bits per heavy atom. The minimum Gasteiger partial charge on any atom is -0.381 e. The summed E-state index contributed by atoms with van der Waals surface area (Å²) in [5.41, 5.74) is 4.04. The van der Waals surface area contributed by atoms with Crippen LogP contribution in [0.3, 0.4) is 0 Å². The highest BCUT2D eigenvalue weighted by Crippen LogP contribution is 2.18. The fourth-order valence-corrected chi connectivity index (χ4v) is 3.49. The van der Waals surface area contributed by atoms with Gasteiger partial charge in [-0.25, -0.2) is 0 Å². The third kappa shape index (κ3) is 7.07. The lowest BCUT2D eigenvalue weighted by molar-refractivity contribution is 0.0625. The Balaban J connectivity index is 1.85. The fourth-order valence-electron chi connectivity index (χ4n) is 3.49. The molecule has 4 nitrogen and oxygen atoms in total. The van der Waals surface area contributed by atoms with Crippen molar-refractivity contribution >= 4 is 5.96 Å². The lowest BCUT2D eigenvalue weighted by Crippen LogP contribution is -2.40. The van der Waals surface area contributed by atoms with Gasteiger partial charge in [-0.2, -0.15) is 0 Å². The molecule has 1 aliphatic heterocycles.